The molecule has 1 atom stereocenters. The number of carbonyl (C=O) groups excluding carboxylic acids is 5. The van der Waals surface area contributed by atoms with Gasteiger partial charge in [-0.2, -0.15) is 0 Å². The number of carbonyl (C=O) groups is 5. The Bertz CT molecular complexity index is 811. The van der Waals surface area contributed by atoms with Crippen LogP contribution in [0.25, 0.3) is 0 Å². The summed E-state index contributed by atoms with van der Waals surface area (Å²) >= 11 is 0. The van der Waals surface area contributed by atoms with Gasteiger partial charge in [0.1, 0.15) is 0 Å². The van der Waals surface area contributed by atoms with Crippen LogP contribution in [0.5, 0.6) is 0 Å². The second-order valence-corrected chi connectivity index (χ2v) is 7.13. The first-order valence-corrected chi connectivity index (χ1v) is 9.63. The smallest absolute Gasteiger partial charge is 0.321 e. The second kappa shape index (κ2) is 8.85. The molecule has 0 radical (unpaired) electrons. The molecule has 0 bridgehead atoms. The van der Waals surface area contributed by atoms with Crippen LogP contribution in [0.2, 0.25) is 0 Å². The Hall–Kier alpha value is -3.23. The number of hydrogen-bond donors (Lipinski definition) is 2. The first kappa shape index (κ1) is 20.5. The van der Waals surface area contributed by atoms with Gasteiger partial charge >= 0.3 is 12.0 Å². The summed E-state index contributed by atoms with van der Waals surface area (Å²) in [7, 11) is 0. The number of rotatable bonds is 6. The van der Waals surface area contributed by atoms with Crippen LogP contribution in [-0.4, -0.2) is 53.3 Å². The SMILES string of the molecule is C[C@@H](OC(=O)CCN1C(=O)c2ccccc2C1=O)C(=O)NC(=O)NC1CCCC1. The van der Waals surface area contributed by atoms with Crippen molar-refractivity contribution in [2.24, 2.45) is 0 Å². The summed E-state index contributed by atoms with van der Waals surface area (Å²) in [5, 5.41) is 4.86. The number of amides is 5. The number of urea groups is 1. The highest BCUT2D eigenvalue weighted by Crippen LogP contribution is 2.22. The van der Waals surface area contributed by atoms with E-state index in [0.717, 1.165) is 30.6 Å². The Morgan fingerprint density at radius 1 is 1.10 bits per heavy atom. The fraction of sp³-hybridized carbons (Fsp3) is 0.450. The molecule has 2 aliphatic rings. The van der Waals surface area contributed by atoms with Gasteiger partial charge in [-0.15, -0.1) is 0 Å². The zero-order chi connectivity index (χ0) is 21.0. The van der Waals surface area contributed by atoms with Crippen molar-refractivity contribution in [2.75, 3.05) is 6.54 Å². The number of fused-ring (bicyclic) bond motifs is 1. The van der Waals surface area contributed by atoms with Crippen molar-refractivity contribution in [1.29, 1.82) is 0 Å². The molecule has 9 heteroatoms. The summed E-state index contributed by atoms with van der Waals surface area (Å²) in [4.78, 5) is 61.3. The van der Waals surface area contributed by atoms with Crippen LogP contribution in [0.1, 0.15) is 59.7 Å². The molecule has 0 aromatic heterocycles. The zero-order valence-corrected chi connectivity index (χ0v) is 16.1. The van der Waals surface area contributed by atoms with Crippen molar-refractivity contribution in [1.82, 2.24) is 15.5 Å². The van der Waals surface area contributed by atoms with Gasteiger partial charge in [0.2, 0.25) is 0 Å². The third-order valence-electron chi connectivity index (χ3n) is 5.02. The van der Waals surface area contributed by atoms with Crippen LogP contribution in [0, 0.1) is 0 Å². The summed E-state index contributed by atoms with van der Waals surface area (Å²) in [6.07, 6.45) is 2.41. The molecule has 1 aromatic rings. The zero-order valence-electron chi connectivity index (χ0n) is 16.1. The molecule has 3 rings (SSSR count). The van der Waals surface area contributed by atoms with Crippen molar-refractivity contribution in [2.45, 2.75) is 51.2 Å². The predicted octanol–water partition coefficient (Wildman–Crippen LogP) is 1.37. The van der Waals surface area contributed by atoms with E-state index < -0.39 is 35.8 Å². The lowest BCUT2D eigenvalue weighted by Crippen LogP contribution is -2.47. The molecular weight excluding hydrogens is 378 g/mol. The van der Waals surface area contributed by atoms with Gasteiger partial charge < -0.3 is 10.1 Å². The van der Waals surface area contributed by atoms with Crippen molar-refractivity contribution in [3.8, 4) is 0 Å². The van der Waals surface area contributed by atoms with Crippen molar-refractivity contribution < 1.29 is 28.7 Å². The molecule has 9 nitrogen and oxygen atoms in total. The molecule has 5 amide bonds. The van der Waals surface area contributed by atoms with Crippen molar-refractivity contribution in [3.63, 3.8) is 0 Å². The van der Waals surface area contributed by atoms with Gasteiger partial charge in [0.15, 0.2) is 6.10 Å². The summed E-state index contributed by atoms with van der Waals surface area (Å²) < 4.78 is 5.01. The van der Waals surface area contributed by atoms with Gasteiger partial charge in [-0.1, -0.05) is 25.0 Å². The summed E-state index contributed by atoms with van der Waals surface area (Å²) in [6.45, 7) is 1.19. The lowest BCUT2D eigenvalue weighted by atomic mass is 10.1. The lowest BCUT2D eigenvalue weighted by Gasteiger charge is -2.17. The van der Waals surface area contributed by atoms with E-state index in [1.807, 2.05) is 0 Å². The molecule has 2 N–H and O–H groups in total. The maximum absolute atomic E-state index is 12.3. The van der Waals surface area contributed by atoms with E-state index in [4.69, 9.17) is 4.74 Å². The molecule has 1 heterocycles. The summed E-state index contributed by atoms with van der Waals surface area (Å²) in [5.74, 6) is -2.42. The van der Waals surface area contributed by atoms with Crippen molar-refractivity contribution >= 4 is 29.7 Å². The van der Waals surface area contributed by atoms with Gasteiger partial charge in [0.25, 0.3) is 17.7 Å². The summed E-state index contributed by atoms with van der Waals surface area (Å²) in [5.41, 5.74) is 0.596. The topological polar surface area (TPSA) is 122 Å². The van der Waals surface area contributed by atoms with Gasteiger partial charge in [-0.3, -0.25) is 29.4 Å². The van der Waals surface area contributed by atoms with E-state index in [1.54, 1.807) is 24.3 Å². The van der Waals surface area contributed by atoms with E-state index in [2.05, 4.69) is 10.6 Å². The van der Waals surface area contributed by atoms with E-state index in [-0.39, 0.29) is 19.0 Å². The van der Waals surface area contributed by atoms with Crippen LogP contribution >= 0.6 is 0 Å². The van der Waals surface area contributed by atoms with Crippen molar-refractivity contribution in [3.05, 3.63) is 35.4 Å². The molecule has 1 fully saturated rings. The Labute approximate surface area is 167 Å². The van der Waals surface area contributed by atoms with Gasteiger partial charge in [-0.25, -0.2) is 4.79 Å². The number of ether oxygens (including phenoxy) is 1. The molecular formula is C20H23N3O6. The maximum Gasteiger partial charge on any atom is 0.321 e. The van der Waals surface area contributed by atoms with Crippen LogP contribution in [-0.2, 0) is 14.3 Å². The number of nitrogens with one attached hydrogen (secondary N) is 2. The molecule has 1 aliphatic carbocycles. The van der Waals surface area contributed by atoms with Crippen LogP contribution in [0.15, 0.2) is 24.3 Å². The number of hydrogen-bond acceptors (Lipinski definition) is 6. The minimum atomic E-state index is -1.18. The highest BCUT2D eigenvalue weighted by molar-refractivity contribution is 6.21. The third-order valence-corrected chi connectivity index (χ3v) is 5.02. The fourth-order valence-electron chi connectivity index (χ4n) is 3.46. The average molecular weight is 401 g/mol. The van der Waals surface area contributed by atoms with E-state index >= 15 is 0 Å². The molecule has 1 saturated carbocycles. The Morgan fingerprint density at radius 3 is 2.28 bits per heavy atom. The molecule has 1 aliphatic heterocycles. The normalized spacial score (nSPS) is 17.1. The minimum absolute atomic E-state index is 0.0558. The average Bonchev–Trinajstić information content (AvgIpc) is 3.27. The minimum Gasteiger partial charge on any atom is -0.452 e. The molecule has 0 spiro atoms. The number of benzene rings is 1. The molecule has 0 saturated heterocycles. The Balaban J connectivity index is 1.43. The highest BCUT2D eigenvalue weighted by Gasteiger charge is 2.35. The van der Waals surface area contributed by atoms with Gasteiger partial charge in [0, 0.05) is 12.6 Å². The summed E-state index contributed by atoms with van der Waals surface area (Å²) in [6, 6.07) is 5.86. The number of nitrogens with zero attached hydrogens (tertiary/aromatic N) is 1. The fourth-order valence-corrected chi connectivity index (χ4v) is 3.46. The van der Waals surface area contributed by atoms with Crippen LogP contribution in [0.3, 0.4) is 0 Å². The maximum atomic E-state index is 12.3. The standard InChI is InChI=1S/C20H23N3O6/c1-12(17(25)22-20(28)21-13-6-2-3-7-13)29-16(24)10-11-23-18(26)14-8-4-5-9-15(14)19(23)27/h4-5,8-9,12-13H,2-3,6-7,10-11H2,1H3,(H2,21,22,25,28)/t12-/m1/s1. The Kier molecular flexibility index (Phi) is 6.26. The van der Waals surface area contributed by atoms with E-state index in [1.165, 1.54) is 6.92 Å². The van der Waals surface area contributed by atoms with E-state index in [9.17, 15) is 24.0 Å². The third kappa shape index (κ3) is 4.79. The first-order valence-electron chi connectivity index (χ1n) is 9.63. The monoisotopic (exact) mass is 401 g/mol. The predicted molar refractivity (Wildman–Crippen MR) is 101 cm³/mol. The number of imide groups is 2. The van der Waals surface area contributed by atoms with Crippen LogP contribution < -0.4 is 10.6 Å². The molecule has 154 valence electrons. The van der Waals surface area contributed by atoms with Gasteiger partial charge in [-0.05, 0) is 31.9 Å². The van der Waals surface area contributed by atoms with Gasteiger partial charge in [0.05, 0.1) is 17.5 Å². The quantitative estimate of drug-likeness (QED) is 0.548. The molecule has 1 aromatic carbocycles. The largest absolute Gasteiger partial charge is 0.452 e. The van der Waals surface area contributed by atoms with Crippen LogP contribution in [0.4, 0.5) is 4.79 Å². The number of esters is 1. The molecule has 29 heavy (non-hydrogen) atoms. The first-order chi connectivity index (χ1) is 13.9. The lowest BCUT2D eigenvalue weighted by molar-refractivity contribution is -0.154. The molecule has 0 unspecified atom stereocenters. The Morgan fingerprint density at radius 2 is 1.69 bits per heavy atom. The van der Waals surface area contributed by atoms with E-state index in [0.29, 0.717) is 11.1 Å². The second-order valence-electron chi connectivity index (χ2n) is 7.13. The highest BCUT2D eigenvalue weighted by atomic mass is 16.5.